The molecule has 0 aliphatic rings. The number of nitrogen functional groups attached to an aromatic ring is 1. The number of anilines is 2. The van der Waals surface area contributed by atoms with Crippen LogP contribution in [0.4, 0.5) is 11.9 Å². The van der Waals surface area contributed by atoms with Gasteiger partial charge in [-0.2, -0.15) is 15.0 Å². The molecule has 0 amide bonds. The third-order valence-corrected chi connectivity index (χ3v) is 6.45. The Morgan fingerprint density at radius 1 is 1.19 bits per heavy atom. The number of thioether (sulfide) groups is 1. The lowest BCUT2D eigenvalue weighted by molar-refractivity contribution is 0.672. The average Bonchev–Trinajstić information content (AvgIpc) is 3.19. The normalized spacial score (nSPS) is 11.0. The second kappa shape index (κ2) is 8.86. The number of thiophene rings is 1. The van der Waals surface area contributed by atoms with Crippen molar-refractivity contribution in [3.8, 4) is 10.4 Å². The van der Waals surface area contributed by atoms with Gasteiger partial charge in [-0.15, -0.1) is 17.9 Å². The van der Waals surface area contributed by atoms with Crippen LogP contribution in [0.25, 0.3) is 20.7 Å². The van der Waals surface area contributed by atoms with E-state index in [1.807, 2.05) is 50.5 Å². The Morgan fingerprint density at radius 3 is 2.68 bits per heavy atom. The van der Waals surface area contributed by atoms with Gasteiger partial charge in [-0.25, -0.2) is 4.98 Å². The molecule has 0 aliphatic heterocycles. The average molecular weight is 452 g/mol. The lowest BCUT2D eigenvalue weighted by Gasteiger charge is -2.12. The van der Waals surface area contributed by atoms with Gasteiger partial charge in [-0.1, -0.05) is 48.2 Å². The summed E-state index contributed by atoms with van der Waals surface area (Å²) < 4.78 is 1.62. The summed E-state index contributed by atoms with van der Waals surface area (Å²) in [4.78, 5) is 34.2. The SMILES string of the molecule is C=CCn1c(SCc2nc(N)nc(N(C)C)n2)nc2sc(-c3ccccc3)cc2c1=O. The van der Waals surface area contributed by atoms with E-state index in [4.69, 9.17) is 10.7 Å². The van der Waals surface area contributed by atoms with Crippen molar-refractivity contribution in [1.29, 1.82) is 0 Å². The zero-order chi connectivity index (χ0) is 22.0. The van der Waals surface area contributed by atoms with Gasteiger partial charge in [-0.05, 0) is 11.6 Å². The summed E-state index contributed by atoms with van der Waals surface area (Å²) in [5.41, 5.74) is 6.79. The van der Waals surface area contributed by atoms with Gasteiger partial charge in [0.2, 0.25) is 11.9 Å². The number of hydrogen-bond donors (Lipinski definition) is 1. The van der Waals surface area contributed by atoms with E-state index in [2.05, 4.69) is 21.5 Å². The molecule has 0 saturated carbocycles. The molecule has 4 aromatic rings. The second-order valence-electron chi connectivity index (χ2n) is 6.89. The molecular weight excluding hydrogens is 430 g/mol. The van der Waals surface area contributed by atoms with Crippen LogP contribution in [0.3, 0.4) is 0 Å². The first-order valence-corrected chi connectivity index (χ1v) is 11.3. The minimum atomic E-state index is -0.0880. The largest absolute Gasteiger partial charge is 0.368 e. The predicted molar refractivity (Wildman–Crippen MR) is 128 cm³/mol. The van der Waals surface area contributed by atoms with Crippen LogP contribution in [0.1, 0.15) is 5.82 Å². The molecule has 8 nitrogen and oxygen atoms in total. The Morgan fingerprint density at radius 2 is 1.97 bits per heavy atom. The molecular formula is C21H21N7OS2. The third-order valence-electron chi connectivity index (χ3n) is 4.40. The van der Waals surface area contributed by atoms with Crippen LogP contribution in [-0.2, 0) is 12.3 Å². The van der Waals surface area contributed by atoms with E-state index in [0.717, 1.165) is 10.4 Å². The Balaban J connectivity index is 1.72. The van der Waals surface area contributed by atoms with Crippen molar-refractivity contribution in [1.82, 2.24) is 24.5 Å². The van der Waals surface area contributed by atoms with Crippen molar-refractivity contribution in [2.24, 2.45) is 0 Å². The summed E-state index contributed by atoms with van der Waals surface area (Å²) in [5, 5.41) is 1.19. The number of rotatable bonds is 7. The number of aromatic nitrogens is 5. The minimum Gasteiger partial charge on any atom is -0.368 e. The molecule has 0 aliphatic carbocycles. The molecule has 3 heterocycles. The predicted octanol–water partition coefficient (Wildman–Crippen LogP) is 3.44. The summed E-state index contributed by atoms with van der Waals surface area (Å²) in [5.74, 6) is 1.57. The highest BCUT2D eigenvalue weighted by Gasteiger charge is 2.16. The number of nitrogens with two attached hydrogens (primary N) is 1. The van der Waals surface area contributed by atoms with Gasteiger partial charge in [-0.3, -0.25) is 9.36 Å². The molecule has 0 atom stereocenters. The van der Waals surface area contributed by atoms with Crippen LogP contribution in [0.5, 0.6) is 0 Å². The van der Waals surface area contributed by atoms with E-state index in [1.54, 1.807) is 15.5 Å². The van der Waals surface area contributed by atoms with Crippen molar-refractivity contribution in [3.05, 3.63) is 65.2 Å². The lowest BCUT2D eigenvalue weighted by Crippen LogP contribution is -2.22. The molecule has 10 heteroatoms. The van der Waals surface area contributed by atoms with E-state index in [0.29, 0.717) is 39.4 Å². The highest BCUT2D eigenvalue weighted by Crippen LogP contribution is 2.32. The maximum absolute atomic E-state index is 13.2. The first kappa shape index (κ1) is 21.0. The molecule has 3 aromatic heterocycles. The molecule has 0 radical (unpaired) electrons. The second-order valence-corrected chi connectivity index (χ2v) is 8.86. The van der Waals surface area contributed by atoms with Crippen LogP contribution in [0.15, 0.2) is 59.0 Å². The summed E-state index contributed by atoms with van der Waals surface area (Å²) in [7, 11) is 3.67. The zero-order valence-corrected chi connectivity index (χ0v) is 18.8. The fourth-order valence-corrected chi connectivity index (χ4v) is 4.90. The van der Waals surface area contributed by atoms with Crippen molar-refractivity contribution < 1.29 is 0 Å². The van der Waals surface area contributed by atoms with Crippen LogP contribution in [0, 0.1) is 0 Å². The lowest BCUT2D eigenvalue weighted by atomic mass is 10.2. The van der Waals surface area contributed by atoms with E-state index < -0.39 is 0 Å². The van der Waals surface area contributed by atoms with Crippen molar-refractivity contribution in [3.63, 3.8) is 0 Å². The van der Waals surface area contributed by atoms with E-state index >= 15 is 0 Å². The van der Waals surface area contributed by atoms with Crippen LogP contribution in [-0.4, -0.2) is 38.6 Å². The molecule has 0 fully saturated rings. The highest BCUT2D eigenvalue weighted by atomic mass is 32.2. The summed E-state index contributed by atoms with van der Waals surface area (Å²) >= 11 is 2.89. The first-order valence-electron chi connectivity index (χ1n) is 9.47. The van der Waals surface area contributed by atoms with Crippen molar-refractivity contribution >= 4 is 45.2 Å². The van der Waals surface area contributed by atoms with Gasteiger partial charge in [0.15, 0.2) is 5.16 Å². The van der Waals surface area contributed by atoms with Gasteiger partial charge in [0.05, 0.1) is 11.1 Å². The van der Waals surface area contributed by atoms with E-state index in [1.165, 1.54) is 23.1 Å². The Hall–Kier alpha value is -3.24. The van der Waals surface area contributed by atoms with Crippen LogP contribution >= 0.6 is 23.1 Å². The summed E-state index contributed by atoms with van der Waals surface area (Å²) in [6.45, 7) is 4.15. The zero-order valence-electron chi connectivity index (χ0n) is 17.1. The summed E-state index contributed by atoms with van der Waals surface area (Å²) in [6.07, 6.45) is 1.69. The van der Waals surface area contributed by atoms with Crippen LogP contribution < -0.4 is 16.2 Å². The molecule has 31 heavy (non-hydrogen) atoms. The number of fused-ring (bicyclic) bond motifs is 1. The first-order chi connectivity index (χ1) is 15.0. The molecule has 0 spiro atoms. The molecule has 2 N–H and O–H groups in total. The molecule has 1 aromatic carbocycles. The maximum Gasteiger partial charge on any atom is 0.263 e. The molecule has 158 valence electrons. The number of benzene rings is 1. The maximum atomic E-state index is 13.2. The van der Waals surface area contributed by atoms with Gasteiger partial charge in [0.1, 0.15) is 10.7 Å². The molecule has 0 unspecified atom stereocenters. The monoisotopic (exact) mass is 451 g/mol. The van der Waals surface area contributed by atoms with Crippen LogP contribution in [0.2, 0.25) is 0 Å². The smallest absolute Gasteiger partial charge is 0.263 e. The highest BCUT2D eigenvalue weighted by molar-refractivity contribution is 7.98. The molecule has 0 saturated heterocycles. The quantitative estimate of drug-likeness (QED) is 0.259. The summed E-state index contributed by atoms with van der Waals surface area (Å²) in [6, 6.07) is 11.9. The number of nitrogens with zero attached hydrogens (tertiary/aromatic N) is 6. The fraction of sp³-hybridized carbons (Fsp3) is 0.190. The Kier molecular flexibility index (Phi) is 6.01. The van der Waals surface area contributed by atoms with Gasteiger partial charge >= 0.3 is 0 Å². The number of allylic oxidation sites excluding steroid dienone is 1. The van der Waals surface area contributed by atoms with Crippen molar-refractivity contribution in [2.75, 3.05) is 24.7 Å². The minimum absolute atomic E-state index is 0.0880. The number of hydrogen-bond acceptors (Lipinski definition) is 9. The Labute approximate surface area is 187 Å². The third kappa shape index (κ3) is 4.44. The Bertz CT molecular complexity index is 1300. The molecule has 4 rings (SSSR count). The van der Waals surface area contributed by atoms with E-state index in [-0.39, 0.29) is 11.5 Å². The fourth-order valence-electron chi connectivity index (χ4n) is 2.96. The van der Waals surface area contributed by atoms with Gasteiger partial charge < -0.3 is 10.6 Å². The van der Waals surface area contributed by atoms with E-state index in [9.17, 15) is 4.79 Å². The standard InChI is InChI=1S/C21H21N7OS2/c1-4-10-28-18(29)14-11-15(13-8-6-5-7-9-13)31-17(14)25-21(28)30-12-16-23-19(22)26-20(24-16)27(2)3/h4-9,11H,1,10,12H2,2-3H3,(H2,22,23,24,26). The topological polar surface area (TPSA) is 103 Å². The van der Waals surface area contributed by atoms with Crippen molar-refractivity contribution in [2.45, 2.75) is 17.5 Å². The van der Waals surface area contributed by atoms with Gasteiger partial charge in [0.25, 0.3) is 5.56 Å². The molecule has 0 bridgehead atoms. The van der Waals surface area contributed by atoms with Gasteiger partial charge in [0, 0.05) is 25.5 Å².